The SMILES string of the molecule is CC(C)N1CCC(n2nc(-c3ccc(Oc4ccccc4F)cc3)c3c(N)ncnc32)CC1. The van der Waals surface area contributed by atoms with Crippen LogP contribution < -0.4 is 10.5 Å². The van der Waals surface area contributed by atoms with Crippen molar-refractivity contribution in [3.8, 4) is 22.8 Å². The highest BCUT2D eigenvalue weighted by atomic mass is 19.1. The zero-order chi connectivity index (χ0) is 22.9. The van der Waals surface area contributed by atoms with Gasteiger partial charge in [-0.05, 0) is 63.1 Å². The second-order valence-corrected chi connectivity index (χ2v) is 8.67. The largest absolute Gasteiger partial charge is 0.454 e. The van der Waals surface area contributed by atoms with Crippen molar-refractivity contribution < 1.29 is 9.13 Å². The van der Waals surface area contributed by atoms with Gasteiger partial charge in [0.15, 0.2) is 17.2 Å². The lowest BCUT2D eigenvalue weighted by Gasteiger charge is -2.34. The fraction of sp³-hybridized carbons (Fsp3) is 0.320. The van der Waals surface area contributed by atoms with Gasteiger partial charge in [-0.3, -0.25) is 0 Å². The van der Waals surface area contributed by atoms with Crippen LogP contribution >= 0.6 is 0 Å². The van der Waals surface area contributed by atoms with Crippen molar-refractivity contribution in [3.63, 3.8) is 0 Å². The molecule has 0 bridgehead atoms. The molecule has 0 aliphatic carbocycles. The Morgan fingerprint density at radius 2 is 1.76 bits per heavy atom. The molecule has 1 fully saturated rings. The molecular formula is C25H27FN6O. The number of hydrogen-bond acceptors (Lipinski definition) is 6. The van der Waals surface area contributed by atoms with Crippen molar-refractivity contribution in [2.24, 2.45) is 0 Å². The maximum atomic E-state index is 13.9. The zero-order valence-electron chi connectivity index (χ0n) is 18.8. The molecule has 0 unspecified atom stereocenters. The average molecular weight is 447 g/mol. The van der Waals surface area contributed by atoms with Crippen LogP contribution in [0, 0.1) is 5.82 Å². The number of nitrogens with two attached hydrogens (primary N) is 1. The van der Waals surface area contributed by atoms with E-state index in [-0.39, 0.29) is 11.8 Å². The summed E-state index contributed by atoms with van der Waals surface area (Å²) in [6, 6.07) is 14.5. The molecular weight excluding hydrogens is 419 g/mol. The molecule has 33 heavy (non-hydrogen) atoms. The maximum absolute atomic E-state index is 13.9. The van der Waals surface area contributed by atoms with Crippen LogP contribution in [0.5, 0.6) is 11.5 Å². The van der Waals surface area contributed by atoms with Crippen LogP contribution in [0.25, 0.3) is 22.3 Å². The summed E-state index contributed by atoms with van der Waals surface area (Å²) in [5.74, 6) is 0.732. The van der Waals surface area contributed by atoms with Gasteiger partial charge in [0.1, 0.15) is 23.6 Å². The first kappa shape index (κ1) is 21.3. The van der Waals surface area contributed by atoms with Crippen LogP contribution in [0.2, 0.25) is 0 Å². The minimum absolute atomic E-state index is 0.186. The molecule has 4 aromatic rings. The van der Waals surface area contributed by atoms with Gasteiger partial charge in [-0.15, -0.1) is 0 Å². The standard InChI is InChI=1S/C25H27FN6O/c1-16(2)31-13-11-18(12-14-31)32-25-22(24(27)28-15-29-25)23(30-32)17-7-9-19(10-8-17)33-21-6-4-3-5-20(21)26/h3-10,15-16,18H,11-14H2,1-2H3,(H2,27,28,29). The molecule has 2 N–H and O–H groups in total. The maximum Gasteiger partial charge on any atom is 0.165 e. The Balaban J connectivity index is 1.47. The summed E-state index contributed by atoms with van der Waals surface area (Å²) in [5, 5.41) is 5.71. The monoisotopic (exact) mass is 446 g/mol. The van der Waals surface area contributed by atoms with Gasteiger partial charge in [0.25, 0.3) is 0 Å². The van der Waals surface area contributed by atoms with E-state index in [4.69, 9.17) is 15.6 Å². The Morgan fingerprint density at radius 3 is 2.45 bits per heavy atom. The van der Waals surface area contributed by atoms with E-state index in [1.807, 2.05) is 16.8 Å². The van der Waals surface area contributed by atoms with E-state index in [0.717, 1.165) is 48.2 Å². The van der Waals surface area contributed by atoms with Gasteiger partial charge in [-0.2, -0.15) is 5.10 Å². The molecule has 0 atom stereocenters. The first-order valence-corrected chi connectivity index (χ1v) is 11.3. The lowest BCUT2D eigenvalue weighted by Crippen LogP contribution is -2.39. The third-order valence-corrected chi connectivity index (χ3v) is 6.29. The molecule has 0 radical (unpaired) electrons. The number of fused-ring (bicyclic) bond motifs is 1. The summed E-state index contributed by atoms with van der Waals surface area (Å²) < 4.78 is 21.6. The molecule has 2 aromatic carbocycles. The molecule has 2 aromatic heterocycles. The molecule has 3 heterocycles. The quantitative estimate of drug-likeness (QED) is 0.462. The third kappa shape index (κ3) is 4.14. The molecule has 8 heteroatoms. The van der Waals surface area contributed by atoms with E-state index in [9.17, 15) is 4.39 Å². The van der Waals surface area contributed by atoms with Crippen molar-refractivity contribution in [1.29, 1.82) is 0 Å². The van der Waals surface area contributed by atoms with E-state index in [1.165, 1.54) is 12.4 Å². The Bertz CT molecular complexity index is 1260. The van der Waals surface area contributed by atoms with Crippen LogP contribution in [-0.2, 0) is 0 Å². The van der Waals surface area contributed by atoms with Crippen LogP contribution in [0.3, 0.4) is 0 Å². The lowest BCUT2D eigenvalue weighted by molar-refractivity contribution is 0.148. The van der Waals surface area contributed by atoms with Crippen LogP contribution in [0.4, 0.5) is 10.2 Å². The minimum Gasteiger partial charge on any atom is -0.454 e. The number of nitrogens with zero attached hydrogens (tertiary/aromatic N) is 5. The number of piperidine rings is 1. The average Bonchev–Trinajstić information content (AvgIpc) is 3.22. The number of nitrogen functional groups attached to an aromatic ring is 1. The number of anilines is 1. The van der Waals surface area contributed by atoms with Crippen molar-refractivity contribution >= 4 is 16.9 Å². The highest BCUT2D eigenvalue weighted by Gasteiger charge is 2.26. The molecule has 5 rings (SSSR count). The predicted molar refractivity (Wildman–Crippen MR) is 127 cm³/mol. The first-order chi connectivity index (χ1) is 16.0. The molecule has 0 spiro atoms. The number of hydrogen-bond donors (Lipinski definition) is 1. The van der Waals surface area contributed by atoms with E-state index >= 15 is 0 Å². The Morgan fingerprint density at radius 1 is 1.03 bits per heavy atom. The predicted octanol–water partition coefficient (Wildman–Crippen LogP) is 5.05. The van der Waals surface area contributed by atoms with Crippen molar-refractivity contribution in [3.05, 3.63) is 60.7 Å². The highest BCUT2D eigenvalue weighted by Crippen LogP contribution is 2.35. The number of para-hydroxylation sites is 1. The number of benzene rings is 2. The molecule has 0 amide bonds. The fourth-order valence-electron chi connectivity index (χ4n) is 4.43. The van der Waals surface area contributed by atoms with Gasteiger partial charge in [0.05, 0.1) is 11.4 Å². The molecule has 1 aliphatic heterocycles. The van der Waals surface area contributed by atoms with Crippen molar-refractivity contribution in [2.45, 2.75) is 38.8 Å². The van der Waals surface area contributed by atoms with Gasteiger partial charge >= 0.3 is 0 Å². The molecule has 7 nitrogen and oxygen atoms in total. The summed E-state index contributed by atoms with van der Waals surface area (Å²) in [6.07, 6.45) is 3.51. The molecule has 1 saturated heterocycles. The molecule has 170 valence electrons. The Labute approximate surface area is 192 Å². The number of halogens is 1. The number of rotatable bonds is 5. The number of likely N-dealkylation sites (tertiary alicyclic amines) is 1. The van der Waals surface area contributed by atoms with Crippen LogP contribution in [0.1, 0.15) is 32.7 Å². The van der Waals surface area contributed by atoms with Crippen molar-refractivity contribution in [1.82, 2.24) is 24.6 Å². The second-order valence-electron chi connectivity index (χ2n) is 8.67. The van der Waals surface area contributed by atoms with Gasteiger partial charge in [-0.25, -0.2) is 19.0 Å². The van der Waals surface area contributed by atoms with Crippen LogP contribution in [0.15, 0.2) is 54.9 Å². The topological polar surface area (TPSA) is 82.1 Å². The molecule has 1 aliphatic rings. The Kier molecular flexibility index (Phi) is 5.68. The normalized spacial score (nSPS) is 15.4. The van der Waals surface area contributed by atoms with Gasteiger partial charge in [0, 0.05) is 24.7 Å². The van der Waals surface area contributed by atoms with Gasteiger partial charge in [-0.1, -0.05) is 12.1 Å². The Hall–Kier alpha value is -3.52. The van der Waals surface area contributed by atoms with E-state index in [1.54, 1.807) is 30.3 Å². The lowest BCUT2D eigenvalue weighted by atomic mass is 10.0. The summed E-state index contributed by atoms with van der Waals surface area (Å²) in [5.41, 5.74) is 8.64. The fourth-order valence-corrected chi connectivity index (χ4v) is 4.43. The highest BCUT2D eigenvalue weighted by molar-refractivity contribution is 5.98. The van der Waals surface area contributed by atoms with Gasteiger partial charge < -0.3 is 15.4 Å². The molecule has 0 saturated carbocycles. The summed E-state index contributed by atoms with van der Waals surface area (Å²) >= 11 is 0. The minimum atomic E-state index is -0.403. The third-order valence-electron chi connectivity index (χ3n) is 6.29. The number of aromatic nitrogens is 4. The van der Waals surface area contributed by atoms with Crippen LogP contribution in [-0.4, -0.2) is 43.8 Å². The summed E-state index contributed by atoms with van der Waals surface area (Å²) in [6.45, 7) is 6.52. The van der Waals surface area contributed by atoms with E-state index in [0.29, 0.717) is 17.6 Å². The van der Waals surface area contributed by atoms with Gasteiger partial charge in [0.2, 0.25) is 0 Å². The van der Waals surface area contributed by atoms with E-state index < -0.39 is 5.82 Å². The summed E-state index contributed by atoms with van der Waals surface area (Å²) in [4.78, 5) is 11.2. The zero-order valence-corrected chi connectivity index (χ0v) is 18.8. The summed E-state index contributed by atoms with van der Waals surface area (Å²) in [7, 11) is 0. The van der Waals surface area contributed by atoms with Crippen molar-refractivity contribution in [2.75, 3.05) is 18.8 Å². The number of ether oxygens (including phenoxy) is 1. The second kappa shape index (κ2) is 8.78. The van der Waals surface area contributed by atoms with E-state index in [2.05, 4.69) is 28.7 Å². The first-order valence-electron chi connectivity index (χ1n) is 11.3. The smallest absolute Gasteiger partial charge is 0.165 e.